The minimum atomic E-state index is -1.06. The Balaban J connectivity index is 1.74. The third kappa shape index (κ3) is 3.96. The van der Waals surface area contributed by atoms with Crippen molar-refractivity contribution in [2.24, 2.45) is 0 Å². The van der Waals surface area contributed by atoms with Crippen molar-refractivity contribution in [3.63, 3.8) is 0 Å². The maximum atomic E-state index is 13.2. The molecule has 0 radical (unpaired) electrons. The molecule has 2 aromatic carbocycles. The van der Waals surface area contributed by atoms with Crippen LogP contribution >= 0.6 is 0 Å². The lowest BCUT2D eigenvalue weighted by molar-refractivity contribution is 0.102. The van der Waals surface area contributed by atoms with Crippen molar-refractivity contribution in [2.75, 3.05) is 10.6 Å². The van der Waals surface area contributed by atoms with Gasteiger partial charge in [0.1, 0.15) is 5.69 Å². The summed E-state index contributed by atoms with van der Waals surface area (Å²) < 4.78 is 26.1. The van der Waals surface area contributed by atoms with Gasteiger partial charge in [0.15, 0.2) is 11.6 Å². The second-order valence-corrected chi connectivity index (χ2v) is 5.16. The predicted octanol–water partition coefficient (Wildman–Crippen LogP) is 3.62. The molecule has 0 bridgehead atoms. The van der Waals surface area contributed by atoms with Crippen molar-refractivity contribution in [3.05, 3.63) is 77.6 Å². The number of benzene rings is 2. The molecule has 0 saturated heterocycles. The van der Waals surface area contributed by atoms with Gasteiger partial charge >= 0.3 is 0 Å². The lowest BCUT2D eigenvalue weighted by Crippen LogP contribution is -2.15. The van der Waals surface area contributed by atoms with Gasteiger partial charge < -0.3 is 10.6 Å². The fourth-order valence-electron chi connectivity index (χ4n) is 2.07. The fourth-order valence-corrected chi connectivity index (χ4v) is 2.07. The first-order valence-electron chi connectivity index (χ1n) is 7.42. The number of carbonyl (C=O) groups excluding carboxylic acids is 1. The smallest absolute Gasteiger partial charge is 0.274 e. The molecule has 128 valence electrons. The molecule has 6 nitrogen and oxygen atoms in total. The lowest BCUT2D eigenvalue weighted by atomic mass is 10.2. The van der Waals surface area contributed by atoms with E-state index in [2.05, 4.69) is 20.6 Å². The van der Waals surface area contributed by atoms with Gasteiger partial charge in [-0.05, 0) is 42.5 Å². The molecule has 0 spiro atoms. The minimum absolute atomic E-state index is 0.0425. The molecule has 0 aliphatic heterocycles. The van der Waals surface area contributed by atoms with Gasteiger partial charge in [-0.2, -0.15) is 5.26 Å². The molecule has 0 saturated carbocycles. The van der Waals surface area contributed by atoms with Gasteiger partial charge in [0.2, 0.25) is 5.95 Å². The van der Waals surface area contributed by atoms with Crippen molar-refractivity contribution >= 4 is 23.2 Å². The standard InChI is InChI=1S/C18H11F2N5O/c19-14-6-5-13(9-15(14)20)23-17(26)16-7-8-22-18(25-16)24-12-3-1-11(10-21)2-4-12/h1-9H,(H,23,26)(H,22,24,25). The Morgan fingerprint density at radius 3 is 2.42 bits per heavy atom. The van der Waals surface area contributed by atoms with E-state index in [1.165, 1.54) is 18.3 Å². The number of aromatic nitrogens is 2. The molecule has 0 aliphatic rings. The van der Waals surface area contributed by atoms with Gasteiger partial charge in [0.25, 0.3) is 5.91 Å². The van der Waals surface area contributed by atoms with E-state index in [9.17, 15) is 13.6 Å². The molecule has 0 aliphatic carbocycles. The summed E-state index contributed by atoms with van der Waals surface area (Å²) in [4.78, 5) is 20.3. The Kier molecular flexibility index (Phi) is 4.80. The van der Waals surface area contributed by atoms with Crippen molar-refractivity contribution in [1.29, 1.82) is 5.26 Å². The zero-order valence-electron chi connectivity index (χ0n) is 13.2. The third-order valence-electron chi connectivity index (χ3n) is 3.34. The molecule has 8 heteroatoms. The number of hydrogen-bond donors (Lipinski definition) is 2. The molecular weight excluding hydrogens is 340 g/mol. The van der Waals surface area contributed by atoms with Gasteiger partial charge in [-0.1, -0.05) is 0 Å². The number of nitriles is 1. The van der Waals surface area contributed by atoms with Crippen LogP contribution in [-0.4, -0.2) is 15.9 Å². The summed E-state index contributed by atoms with van der Waals surface area (Å²) in [6.07, 6.45) is 1.39. The highest BCUT2D eigenvalue weighted by molar-refractivity contribution is 6.03. The van der Waals surface area contributed by atoms with Gasteiger partial charge in [-0.3, -0.25) is 4.79 Å². The number of amides is 1. The van der Waals surface area contributed by atoms with Crippen LogP contribution in [-0.2, 0) is 0 Å². The van der Waals surface area contributed by atoms with Crippen molar-refractivity contribution in [2.45, 2.75) is 0 Å². The summed E-state index contributed by atoms with van der Waals surface area (Å²) in [6.45, 7) is 0. The Morgan fingerprint density at radius 2 is 1.73 bits per heavy atom. The summed E-state index contributed by atoms with van der Waals surface area (Å²) in [6, 6.07) is 13.0. The lowest BCUT2D eigenvalue weighted by Gasteiger charge is -2.08. The monoisotopic (exact) mass is 351 g/mol. The molecular formula is C18H11F2N5O. The van der Waals surface area contributed by atoms with Gasteiger partial charge in [0.05, 0.1) is 11.6 Å². The van der Waals surface area contributed by atoms with Crippen LogP contribution in [0.25, 0.3) is 0 Å². The first kappa shape index (κ1) is 17.0. The molecule has 1 amide bonds. The van der Waals surface area contributed by atoms with Crippen molar-refractivity contribution < 1.29 is 13.6 Å². The number of hydrogen-bond acceptors (Lipinski definition) is 5. The topological polar surface area (TPSA) is 90.7 Å². The highest BCUT2D eigenvalue weighted by Gasteiger charge is 2.11. The maximum absolute atomic E-state index is 13.2. The molecule has 0 fully saturated rings. The highest BCUT2D eigenvalue weighted by Crippen LogP contribution is 2.16. The largest absolute Gasteiger partial charge is 0.324 e. The number of nitrogens with zero attached hydrogens (tertiary/aromatic N) is 3. The highest BCUT2D eigenvalue weighted by atomic mass is 19.2. The van der Waals surface area contributed by atoms with E-state index < -0.39 is 17.5 Å². The van der Waals surface area contributed by atoms with Crippen LogP contribution in [0.3, 0.4) is 0 Å². The fraction of sp³-hybridized carbons (Fsp3) is 0. The van der Waals surface area contributed by atoms with E-state index in [0.717, 1.165) is 12.1 Å². The summed E-state index contributed by atoms with van der Waals surface area (Å²) in [7, 11) is 0. The molecule has 0 unspecified atom stereocenters. The number of anilines is 3. The molecule has 26 heavy (non-hydrogen) atoms. The molecule has 3 rings (SSSR count). The number of halogens is 2. The summed E-state index contributed by atoms with van der Waals surface area (Å²) in [5, 5.41) is 14.1. The van der Waals surface area contributed by atoms with E-state index in [0.29, 0.717) is 11.3 Å². The minimum Gasteiger partial charge on any atom is -0.324 e. The van der Waals surface area contributed by atoms with Crippen molar-refractivity contribution in [3.8, 4) is 6.07 Å². The summed E-state index contributed by atoms with van der Waals surface area (Å²) in [5.74, 6) is -2.48. The summed E-state index contributed by atoms with van der Waals surface area (Å²) in [5.41, 5.74) is 1.30. The van der Waals surface area contributed by atoms with Gasteiger partial charge in [-0.15, -0.1) is 0 Å². The molecule has 2 N–H and O–H groups in total. The van der Waals surface area contributed by atoms with E-state index in [1.807, 2.05) is 6.07 Å². The van der Waals surface area contributed by atoms with Crippen LogP contribution in [0.15, 0.2) is 54.7 Å². The number of nitrogens with one attached hydrogen (secondary N) is 2. The van der Waals surface area contributed by atoms with Crippen LogP contribution in [0.4, 0.5) is 26.1 Å². The molecule has 1 heterocycles. The quantitative estimate of drug-likeness (QED) is 0.749. The predicted molar refractivity (Wildman–Crippen MR) is 90.8 cm³/mol. The third-order valence-corrected chi connectivity index (χ3v) is 3.34. The molecule has 1 aromatic heterocycles. The van der Waals surface area contributed by atoms with Crippen LogP contribution in [0.2, 0.25) is 0 Å². The summed E-state index contributed by atoms with van der Waals surface area (Å²) >= 11 is 0. The normalized spacial score (nSPS) is 10.0. The first-order valence-corrected chi connectivity index (χ1v) is 7.42. The Labute approximate surface area is 147 Å². The number of carbonyl (C=O) groups is 1. The SMILES string of the molecule is N#Cc1ccc(Nc2nccc(C(=O)Nc3ccc(F)c(F)c3)n2)cc1. The zero-order valence-corrected chi connectivity index (χ0v) is 13.2. The second-order valence-electron chi connectivity index (χ2n) is 5.16. The first-order chi connectivity index (χ1) is 12.5. The van der Waals surface area contributed by atoms with Crippen LogP contribution < -0.4 is 10.6 Å². The van der Waals surface area contributed by atoms with Crippen LogP contribution in [0.1, 0.15) is 16.1 Å². The zero-order chi connectivity index (χ0) is 18.5. The van der Waals surface area contributed by atoms with E-state index in [1.54, 1.807) is 24.3 Å². The van der Waals surface area contributed by atoms with E-state index in [4.69, 9.17) is 5.26 Å². The average molecular weight is 351 g/mol. The number of rotatable bonds is 4. The van der Waals surface area contributed by atoms with Crippen LogP contribution in [0, 0.1) is 23.0 Å². The van der Waals surface area contributed by atoms with E-state index >= 15 is 0 Å². The van der Waals surface area contributed by atoms with Gasteiger partial charge in [0, 0.05) is 23.6 Å². The van der Waals surface area contributed by atoms with Crippen LogP contribution in [0.5, 0.6) is 0 Å². The van der Waals surface area contributed by atoms with Crippen molar-refractivity contribution in [1.82, 2.24) is 9.97 Å². The van der Waals surface area contributed by atoms with E-state index in [-0.39, 0.29) is 17.3 Å². The molecule has 3 aromatic rings. The Bertz CT molecular complexity index is 999. The Morgan fingerprint density at radius 1 is 1.00 bits per heavy atom. The average Bonchev–Trinajstić information content (AvgIpc) is 2.65. The Hall–Kier alpha value is -3.86. The second kappa shape index (κ2) is 7.36. The maximum Gasteiger partial charge on any atom is 0.274 e. The van der Waals surface area contributed by atoms with Gasteiger partial charge in [-0.25, -0.2) is 18.7 Å². The molecule has 0 atom stereocenters.